The van der Waals surface area contributed by atoms with Gasteiger partial charge in [0.25, 0.3) is 0 Å². The van der Waals surface area contributed by atoms with E-state index in [9.17, 15) is 4.79 Å². The van der Waals surface area contributed by atoms with Gasteiger partial charge in [0, 0.05) is 38.4 Å². The summed E-state index contributed by atoms with van der Waals surface area (Å²) >= 11 is 0. The van der Waals surface area contributed by atoms with E-state index in [1.54, 1.807) is 6.20 Å². The molecule has 8 heteroatoms. The van der Waals surface area contributed by atoms with Crippen molar-refractivity contribution in [2.45, 2.75) is 12.8 Å². The first-order chi connectivity index (χ1) is 12.3. The van der Waals surface area contributed by atoms with Crippen molar-refractivity contribution < 1.29 is 9.53 Å². The third-order valence-electron chi connectivity index (χ3n) is 3.91. The monoisotopic (exact) mass is 342 g/mol. The Kier molecular flexibility index (Phi) is 6.11. The van der Waals surface area contributed by atoms with Gasteiger partial charge in [-0.2, -0.15) is 0 Å². The Balaban J connectivity index is 1.37. The molecule has 3 rings (SSSR count). The Bertz CT molecular complexity index is 659. The third kappa shape index (κ3) is 5.39. The van der Waals surface area contributed by atoms with Crippen molar-refractivity contribution in [3.8, 4) is 0 Å². The first-order valence-corrected chi connectivity index (χ1v) is 8.42. The maximum Gasteiger partial charge on any atom is 0.223 e. The zero-order chi connectivity index (χ0) is 17.3. The number of nitrogens with one attached hydrogen (secondary N) is 3. The lowest BCUT2D eigenvalue weighted by atomic mass is 9.99. The fourth-order valence-corrected chi connectivity index (χ4v) is 2.54. The van der Waals surface area contributed by atoms with Gasteiger partial charge in [0.05, 0.1) is 0 Å². The molecule has 2 aromatic heterocycles. The van der Waals surface area contributed by atoms with Crippen LogP contribution in [0.2, 0.25) is 0 Å². The van der Waals surface area contributed by atoms with E-state index in [1.165, 1.54) is 0 Å². The number of amides is 1. The molecule has 0 unspecified atom stereocenters. The van der Waals surface area contributed by atoms with Crippen LogP contribution in [0.15, 0.2) is 36.5 Å². The van der Waals surface area contributed by atoms with Gasteiger partial charge in [-0.05, 0) is 37.1 Å². The van der Waals surface area contributed by atoms with Crippen molar-refractivity contribution in [2.75, 3.05) is 36.9 Å². The van der Waals surface area contributed by atoms with Crippen LogP contribution in [0.25, 0.3) is 0 Å². The number of aromatic nitrogens is 3. The summed E-state index contributed by atoms with van der Waals surface area (Å²) in [6.45, 7) is 2.48. The Morgan fingerprint density at radius 2 is 1.84 bits per heavy atom. The highest BCUT2D eigenvalue weighted by Crippen LogP contribution is 2.14. The van der Waals surface area contributed by atoms with Crippen LogP contribution < -0.4 is 16.0 Å². The highest BCUT2D eigenvalue weighted by molar-refractivity contribution is 5.78. The van der Waals surface area contributed by atoms with E-state index in [1.807, 2.05) is 30.3 Å². The average molecular weight is 342 g/mol. The first kappa shape index (κ1) is 17.1. The van der Waals surface area contributed by atoms with Crippen LogP contribution >= 0.6 is 0 Å². The highest BCUT2D eigenvalue weighted by atomic mass is 16.5. The number of hydrogen-bond donors (Lipinski definition) is 3. The van der Waals surface area contributed by atoms with Gasteiger partial charge < -0.3 is 20.7 Å². The number of ether oxygens (including phenoxy) is 1. The minimum atomic E-state index is 0.0745. The predicted molar refractivity (Wildman–Crippen MR) is 94.6 cm³/mol. The Morgan fingerprint density at radius 3 is 2.56 bits per heavy atom. The van der Waals surface area contributed by atoms with Gasteiger partial charge in [-0.25, -0.2) is 4.98 Å². The van der Waals surface area contributed by atoms with Crippen LogP contribution in [0.1, 0.15) is 12.8 Å². The summed E-state index contributed by atoms with van der Waals surface area (Å²) in [6.07, 6.45) is 3.31. The second kappa shape index (κ2) is 8.93. The van der Waals surface area contributed by atoms with Gasteiger partial charge in [0.1, 0.15) is 11.6 Å². The van der Waals surface area contributed by atoms with E-state index < -0.39 is 0 Å². The summed E-state index contributed by atoms with van der Waals surface area (Å²) in [7, 11) is 0. The van der Waals surface area contributed by atoms with Crippen molar-refractivity contribution in [3.05, 3.63) is 36.5 Å². The van der Waals surface area contributed by atoms with Crippen LogP contribution in [-0.4, -0.2) is 47.4 Å². The van der Waals surface area contributed by atoms with Gasteiger partial charge in [-0.3, -0.25) is 4.79 Å². The van der Waals surface area contributed by atoms with Crippen molar-refractivity contribution in [2.24, 2.45) is 5.92 Å². The molecular weight excluding hydrogens is 320 g/mol. The van der Waals surface area contributed by atoms with E-state index in [2.05, 4.69) is 31.1 Å². The Hall–Kier alpha value is -2.74. The topological polar surface area (TPSA) is 101 Å². The quantitative estimate of drug-likeness (QED) is 0.657. The van der Waals surface area contributed by atoms with Crippen molar-refractivity contribution in [1.29, 1.82) is 0 Å². The number of carbonyl (C=O) groups is 1. The smallest absolute Gasteiger partial charge is 0.223 e. The van der Waals surface area contributed by atoms with E-state index >= 15 is 0 Å². The number of rotatable bonds is 7. The van der Waals surface area contributed by atoms with Crippen molar-refractivity contribution in [3.63, 3.8) is 0 Å². The summed E-state index contributed by atoms with van der Waals surface area (Å²) in [6, 6.07) is 9.26. The van der Waals surface area contributed by atoms with E-state index in [0.29, 0.717) is 43.8 Å². The fourth-order valence-electron chi connectivity index (χ4n) is 2.54. The summed E-state index contributed by atoms with van der Waals surface area (Å²) in [5.74, 6) is 2.17. The summed E-state index contributed by atoms with van der Waals surface area (Å²) < 4.78 is 5.26. The number of hydrogen-bond acceptors (Lipinski definition) is 7. The number of carbonyl (C=O) groups excluding carboxylic acids is 1. The first-order valence-electron chi connectivity index (χ1n) is 8.42. The Labute approximate surface area is 146 Å². The molecule has 1 fully saturated rings. The average Bonchev–Trinajstić information content (AvgIpc) is 2.68. The Morgan fingerprint density at radius 1 is 1.04 bits per heavy atom. The molecule has 3 heterocycles. The van der Waals surface area contributed by atoms with Crippen LogP contribution in [0.3, 0.4) is 0 Å². The van der Waals surface area contributed by atoms with E-state index in [4.69, 9.17) is 4.74 Å². The number of pyridine rings is 1. The molecule has 0 radical (unpaired) electrons. The molecular formula is C17H22N6O2. The SMILES string of the molecule is O=C(NCCNc1ccc(Nc2ccccn2)nn1)C1CCOCC1. The molecule has 1 aliphatic heterocycles. The molecule has 2 aromatic rings. The van der Waals surface area contributed by atoms with Gasteiger partial charge in [0.15, 0.2) is 5.82 Å². The van der Waals surface area contributed by atoms with Gasteiger partial charge in [-0.15, -0.1) is 10.2 Å². The molecule has 0 aliphatic carbocycles. The molecule has 1 amide bonds. The largest absolute Gasteiger partial charge is 0.381 e. The number of nitrogens with zero attached hydrogens (tertiary/aromatic N) is 3. The maximum absolute atomic E-state index is 12.0. The lowest BCUT2D eigenvalue weighted by Crippen LogP contribution is -2.36. The molecule has 25 heavy (non-hydrogen) atoms. The second-order valence-corrected chi connectivity index (χ2v) is 5.75. The summed E-state index contributed by atoms with van der Waals surface area (Å²) in [4.78, 5) is 16.2. The number of anilines is 3. The normalized spacial score (nSPS) is 14.7. The molecule has 0 aromatic carbocycles. The van der Waals surface area contributed by atoms with Crippen LogP contribution in [0, 0.1) is 5.92 Å². The van der Waals surface area contributed by atoms with Gasteiger partial charge >= 0.3 is 0 Å². The van der Waals surface area contributed by atoms with Gasteiger partial charge in [-0.1, -0.05) is 6.07 Å². The predicted octanol–water partition coefficient (Wildman–Crippen LogP) is 1.57. The third-order valence-corrected chi connectivity index (χ3v) is 3.91. The molecule has 0 atom stereocenters. The van der Waals surface area contributed by atoms with Crippen LogP contribution in [0.4, 0.5) is 17.5 Å². The molecule has 0 spiro atoms. The fraction of sp³-hybridized carbons (Fsp3) is 0.412. The maximum atomic E-state index is 12.0. The molecule has 0 saturated carbocycles. The molecule has 132 valence electrons. The zero-order valence-corrected chi connectivity index (χ0v) is 13.9. The van der Waals surface area contributed by atoms with E-state index in [0.717, 1.165) is 12.8 Å². The minimum Gasteiger partial charge on any atom is -0.381 e. The van der Waals surface area contributed by atoms with Crippen molar-refractivity contribution in [1.82, 2.24) is 20.5 Å². The lowest BCUT2D eigenvalue weighted by molar-refractivity contribution is -0.127. The van der Waals surface area contributed by atoms with Crippen molar-refractivity contribution >= 4 is 23.4 Å². The molecule has 1 saturated heterocycles. The van der Waals surface area contributed by atoms with Gasteiger partial charge in [0.2, 0.25) is 5.91 Å². The summed E-state index contributed by atoms with van der Waals surface area (Å²) in [5.41, 5.74) is 0. The second-order valence-electron chi connectivity index (χ2n) is 5.75. The lowest BCUT2D eigenvalue weighted by Gasteiger charge is -2.21. The molecule has 1 aliphatic rings. The van der Waals surface area contributed by atoms with E-state index in [-0.39, 0.29) is 11.8 Å². The summed E-state index contributed by atoms with van der Waals surface area (Å²) in [5, 5.41) is 17.3. The standard InChI is InChI=1S/C17H22N6O2/c24-17(13-6-11-25-12-7-13)20-10-9-19-15-4-5-16(23-22-15)21-14-3-1-2-8-18-14/h1-5,8,13H,6-7,9-12H2,(H,19,22)(H,20,24)(H,18,21,23). The van der Waals surface area contributed by atoms with Crippen LogP contribution in [0.5, 0.6) is 0 Å². The minimum absolute atomic E-state index is 0.0745. The molecule has 8 nitrogen and oxygen atoms in total. The molecule has 3 N–H and O–H groups in total. The zero-order valence-electron chi connectivity index (χ0n) is 13.9. The molecule has 0 bridgehead atoms. The van der Waals surface area contributed by atoms with Crippen LogP contribution in [-0.2, 0) is 9.53 Å². The highest BCUT2D eigenvalue weighted by Gasteiger charge is 2.20.